The second kappa shape index (κ2) is 3.92. The molecule has 1 aromatic carbocycles. The van der Waals surface area contributed by atoms with Gasteiger partial charge in [-0.25, -0.2) is 11.4 Å². The number of esters is 1. The van der Waals surface area contributed by atoms with Crippen molar-refractivity contribution in [1.29, 1.82) is 5.26 Å². The van der Waals surface area contributed by atoms with E-state index in [1.807, 2.05) is 6.07 Å². The summed E-state index contributed by atoms with van der Waals surface area (Å²) in [6.45, 7) is 7.22. The number of rotatable bonds is 1. The van der Waals surface area contributed by atoms with Gasteiger partial charge in [0.05, 0.1) is 31.6 Å². The molecule has 0 aromatic heterocycles. The average molecular weight is 226 g/mol. The zero-order valence-electron chi connectivity index (χ0n) is 9.36. The number of carbonyl (C=O) groups excluding carboxylic acids is 1. The third kappa shape index (κ3) is 1.64. The highest BCUT2D eigenvalue weighted by Gasteiger charge is 2.51. The summed E-state index contributed by atoms with van der Waals surface area (Å²) in [7, 11) is 1.29. The fraction of sp³-hybridized carbons (Fsp3) is 0.308. The molecule has 1 atom stereocenters. The first-order valence-corrected chi connectivity index (χ1v) is 5.14. The Hall–Kier alpha value is -2.33. The Labute approximate surface area is 99.3 Å². The van der Waals surface area contributed by atoms with Gasteiger partial charge in [0.25, 0.3) is 0 Å². The van der Waals surface area contributed by atoms with E-state index in [9.17, 15) is 4.79 Å². The van der Waals surface area contributed by atoms with Crippen LogP contribution in [0, 0.1) is 17.9 Å². The van der Waals surface area contributed by atoms with Crippen LogP contribution in [-0.2, 0) is 22.4 Å². The summed E-state index contributed by atoms with van der Waals surface area (Å²) in [5.74, 6) is -0.498. The number of ether oxygens (including phenoxy) is 1. The van der Waals surface area contributed by atoms with Gasteiger partial charge < -0.3 is 4.74 Å². The number of nitriles is 1. The van der Waals surface area contributed by atoms with Crippen LogP contribution in [0.5, 0.6) is 0 Å². The van der Waals surface area contributed by atoms with E-state index in [0.29, 0.717) is 18.4 Å². The second-order valence-corrected chi connectivity index (χ2v) is 4.08. The number of methoxy groups -OCH3 is 1. The van der Waals surface area contributed by atoms with Crippen LogP contribution < -0.4 is 0 Å². The monoisotopic (exact) mass is 226 g/mol. The number of hydrogen-bond acceptors (Lipinski definition) is 3. The van der Waals surface area contributed by atoms with Crippen molar-refractivity contribution in [3.63, 3.8) is 0 Å². The second-order valence-electron chi connectivity index (χ2n) is 4.08. The van der Waals surface area contributed by atoms with Gasteiger partial charge in [-0.15, -0.1) is 0 Å². The summed E-state index contributed by atoms with van der Waals surface area (Å²) in [5.41, 5.74) is 1.26. The maximum absolute atomic E-state index is 11.7. The topological polar surface area (TPSA) is 54.5 Å². The van der Waals surface area contributed by atoms with Gasteiger partial charge >= 0.3 is 11.5 Å². The Morgan fingerprint density at radius 3 is 2.82 bits per heavy atom. The van der Waals surface area contributed by atoms with Crippen LogP contribution in [0.2, 0.25) is 0 Å². The molecule has 1 aliphatic rings. The molecule has 1 unspecified atom stereocenters. The molecule has 0 heterocycles. The van der Waals surface area contributed by atoms with E-state index in [1.54, 1.807) is 12.1 Å². The van der Waals surface area contributed by atoms with Gasteiger partial charge in [0, 0.05) is 0 Å². The first-order chi connectivity index (χ1) is 8.15. The molecular weight excluding hydrogens is 216 g/mol. The Balaban J connectivity index is 2.42. The van der Waals surface area contributed by atoms with Gasteiger partial charge in [0.1, 0.15) is 0 Å². The molecule has 0 N–H and O–H groups in total. The van der Waals surface area contributed by atoms with Crippen molar-refractivity contribution in [2.75, 3.05) is 7.11 Å². The lowest BCUT2D eigenvalue weighted by atomic mass is 9.97. The van der Waals surface area contributed by atoms with Crippen molar-refractivity contribution in [2.45, 2.75) is 18.4 Å². The van der Waals surface area contributed by atoms with Gasteiger partial charge in [0.15, 0.2) is 0 Å². The van der Waals surface area contributed by atoms with E-state index in [4.69, 9.17) is 16.6 Å². The molecule has 1 aliphatic carbocycles. The summed E-state index contributed by atoms with van der Waals surface area (Å²) in [6, 6.07) is 7.31. The smallest absolute Gasteiger partial charge is 0.393 e. The van der Waals surface area contributed by atoms with Crippen molar-refractivity contribution in [3.8, 4) is 6.07 Å². The third-order valence-corrected chi connectivity index (χ3v) is 3.08. The maximum Gasteiger partial charge on any atom is 0.393 e. The molecule has 2 rings (SSSR count). The minimum absolute atomic E-state index is 0.327. The van der Waals surface area contributed by atoms with Crippen molar-refractivity contribution in [1.82, 2.24) is 0 Å². The molecule has 0 bridgehead atoms. The molecule has 0 fully saturated rings. The van der Waals surface area contributed by atoms with Crippen molar-refractivity contribution >= 4 is 5.97 Å². The van der Waals surface area contributed by atoms with Crippen LogP contribution in [0.3, 0.4) is 0 Å². The Morgan fingerprint density at radius 1 is 1.53 bits per heavy atom. The number of carbonyl (C=O) groups is 1. The van der Waals surface area contributed by atoms with E-state index in [0.717, 1.165) is 11.1 Å². The predicted molar refractivity (Wildman–Crippen MR) is 59.9 cm³/mol. The lowest BCUT2D eigenvalue weighted by Crippen LogP contribution is -2.37. The fourth-order valence-electron chi connectivity index (χ4n) is 2.18. The predicted octanol–water partition coefficient (Wildman–Crippen LogP) is 1.49. The quantitative estimate of drug-likeness (QED) is 0.538. The third-order valence-electron chi connectivity index (χ3n) is 3.08. The molecule has 84 valence electrons. The molecule has 0 saturated heterocycles. The summed E-state index contributed by atoms with van der Waals surface area (Å²) >= 11 is 0. The van der Waals surface area contributed by atoms with Crippen LogP contribution in [0.25, 0.3) is 4.85 Å². The number of hydrogen-bond donors (Lipinski definition) is 0. The molecule has 0 aliphatic heterocycles. The molecule has 4 heteroatoms. The zero-order chi connectivity index (χ0) is 12.5. The number of fused-ring (bicyclic) bond motifs is 1. The average Bonchev–Trinajstić information content (AvgIpc) is 2.76. The zero-order valence-corrected chi connectivity index (χ0v) is 9.36. The largest absolute Gasteiger partial charge is 0.463 e. The van der Waals surface area contributed by atoms with Gasteiger partial charge in [0.2, 0.25) is 0 Å². The van der Waals surface area contributed by atoms with E-state index >= 15 is 0 Å². The summed E-state index contributed by atoms with van der Waals surface area (Å²) < 4.78 is 4.70. The van der Waals surface area contributed by atoms with Crippen molar-refractivity contribution in [2.24, 2.45) is 0 Å². The van der Waals surface area contributed by atoms with Crippen LogP contribution in [0.4, 0.5) is 0 Å². The Bertz CT molecular complexity index is 566. The van der Waals surface area contributed by atoms with Crippen LogP contribution >= 0.6 is 0 Å². The van der Waals surface area contributed by atoms with E-state index < -0.39 is 11.5 Å². The first kappa shape index (κ1) is 11.2. The first-order valence-electron chi connectivity index (χ1n) is 5.14. The highest BCUT2D eigenvalue weighted by molar-refractivity contribution is 5.85. The molecule has 0 saturated carbocycles. The molecule has 0 radical (unpaired) electrons. The number of nitrogens with zero attached hydrogens (tertiary/aromatic N) is 2. The Morgan fingerprint density at radius 2 is 2.24 bits per heavy atom. The minimum Gasteiger partial charge on any atom is -0.463 e. The molecule has 0 amide bonds. The Kier molecular flexibility index (Phi) is 2.57. The van der Waals surface area contributed by atoms with E-state index in [1.165, 1.54) is 7.11 Å². The van der Waals surface area contributed by atoms with Gasteiger partial charge in [-0.05, 0) is 23.3 Å². The lowest BCUT2D eigenvalue weighted by Gasteiger charge is -2.11. The molecule has 1 aromatic rings. The normalized spacial score (nSPS) is 21.1. The summed E-state index contributed by atoms with van der Waals surface area (Å²) in [6.07, 6.45) is 0.693. The highest BCUT2D eigenvalue weighted by Crippen LogP contribution is 2.34. The van der Waals surface area contributed by atoms with Gasteiger partial charge in [-0.3, -0.25) is 4.85 Å². The minimum atomic E-state index is -1.13. The van der Waals surface area contributed by atoms with E-state index in [-0.39, 0.29) is 0 Å². The van der Waals surface area contributed by atoms with E-state index in [2.05, 4.69) is 10.9 Å². The molecule has 4 nitrogen and oxygen atoms in total. The highest BCUT2D eigenvalue weighted by atomic mass is 16.5. The van der Waals surface area contributed by atoms with Gasteiger partial charge in [-0.1, -0.05) is 6.07 Å². The lowest BCUT2D eigenvalue weighted by molar-refractivity contribution is -0.145. The van der Waals surface area contributed by atoms with Crippen LogP contribution in [0.1, 0.15) is 16.7 Å². The van der Waals surface area contributed by atoms with Gasteiger partial charge in [-0.2, -0.15) is 5.26 Å². The number of benzene rings is 1. The maximum atomic E-state index is 11.7. The fourth-order valence-corrected chi connectivity index (χ4v) is 2.18. The summed E-state index contributed by atoms with van der Waals surface area (Å²) in [4.78, 5) is 15.1. The van der Waals surface area contributed by atoms with Crippen molar-refractivity contribution in [3.05, 3.63) is 46.3 Å². The van der Waals surface area contributed by atoms with Crippen molar-refractivity contribution < 1.29 is 9.53 Å². The standard InChI is InChI=1S/C13H10N2O2/c1-15-13(12(16)17-2)6-10-4-3-9(8-14)5-11(10)7-13/h3-5H,6-7H2,2H3. The molecule has 17 heavy (non-hydrogen) atoms. The molecular formula is C13H10N2O2. The SMILES string of the molecule is [C-]#[N+]C1(C(=O)OC)Cc2ccc(C#N)cc2C1. The molecule has 0 spiro atoms. The van der Waals surface area contributed by atoms with Crippen LogP contribution in [-0.4, -0.2) is 18.6 Å². The summed E-state index contributed by atoms with van der Waals surface area (Å²) in [5, 5.41) is 8.81. The van der Waals surface area contributed by atoms with Crippen LogP contribution in [0.15, 0.2) is 18.2 Å².